The SMILES string of the molecule is CCCCCCCCCCCCOC(=O)CC(O)(CC(=O)OCCCCCCCCCCCC)C(=O)[O-].[K+]. The van der Waals surface area contributed by atoms with Crippen molar-refractivity contribution in [2.45, 2.75) is 161 Å². The summed E-state index contributed by atoms with van der Waals surface area (Å²) >= 11 is 0. The van der Waals surface area contributed by atoms with Crippen molar-refractivity contribution in [1.82, 2.24) is 0 Å². The van der Waals surface area contributed by atoms with Crippen LogP contribution < -0.4 is 56.5 Å². The molecule has 0 aliphatic heterocycles. The smallest absolute Gasteiger partial charge is 0.547 e. The average molecular weight is 567 g/mol. The molecule has 8 heteroatoms. The summed E-state index contributed by atoms with van der Waals surface area (Å²) in [7, 11) is 0. The van der Waals surface area contributed by atoms with E-state index in [0.29, 0.717) is 12.8 Å². The molecular formula is C30H55KO7. The summed E-state index contributed by atoms with van der Waals surface area (Å²) in [5, 5.41) is 21.8. The number of carbonyl (C=O) groups is 3. The fraction of sp³-hybridized carbons (Fsp3) is 0.900. The Kier molecular flexibility index (Phi) is 30.1. The van der Waals surface area contributed by atoms with Gasteiger partial charge in [0, 0.05) is 0 Å². The summed E-state index contributed by atoms with van der Waals surface area (Å²) in [6, 6.07) is 0. The number of ether oxygens (including phenoxy) is 2. The second-order valence-electron chi connectivity index (χ2n) is 10.5. The van der Waals surface area contributed by atoms with Gasteiger partial charge in [-0.25, -0.2) is 0 Å². The van der Waals surface area contributed by atoms with Crippen molar-refractivity contribution in [3.05, 3.63) is 0 Å². The van der Waals surface area contributed by atoms with Gasteiger partial charge in [-0.2, -0.15) is 0 Å². The zero-order chi connectivity index (χ0) is 27.6. The molecule has 0 aromatic carbocycles. The third kappa shape index (κ3) is 25.0. The topological polar surface area (TPSA) is 113 Å². The van der Waals surface area contributed by atoms with Crippen molar-refractivity contribution >= 4 is 17.9 Å². The largest absolute Gasteiger partial charge is 1.00 e. The number of unbranched alkanes of at least 4 members (excludes halogenated alkanes) is 18. The molecule has 0 fully saturated rings. The van der Waals surface area contributed by atoms with Crippen molar-refractivity contribution in [2.75, 3.05) is 13.2 Å². The van der Waals surface area contributed by atoms with Crippen molar-refractivity contribution < 1.29 is 85.5 Å². The van der Waals surface area contributed by atoms with Crippen LogP contribution in [0.15, 0.2) is 0 Å². The van der Waals surface area contributed by atoms with E-state index in [0.717, 1.165) is 38.5 Å². The first-order valence-electron chi connectivity index (χ1n) is 15.1. The first kappa shape index (κ1) is 40.1. The maximum Gasteiger partial charge on any atom is 1.00 e. The third-order valence-electron chi connectivity index (χ3n) is 6.78. The Balaban J connectivity index is 0. The van der Waals surface area contributed by atoms with Gasteiger partial charge in [0.05, 0.1) is 32.0 Å². The van der Waals surface area contributed by atoms with Gasteiger partial charge in [-0.1, -0.05) is 129 Å². The number of rotatable bonds is 27. The summed E-state index contributed by atoms with van der Waals surface area (Å²) in [6.45, 7) is 4.75. The molecular weight excluding hydrogens is 511 g/mol. The molecule has 0 amide bonds. The monoisotopic (exact) mass is 566 g/mol. The van der Waals surface area contributed by atoms with Gasteiger partial charge < -0.3 is 24.5 Å². The quantitative estimate of drug-likeness (QED) is 0.0923. The molecule has 0 bridgehead atoms. The zero-order valence-electron chi connectivity index (χ0n) is 24.9. The minimum absolute atomic E-state index is 0. The van der Waals surface area contributed by atoms with E-state index in [1.165, 1.54) is 77.0 Å². The Morgan fingerprint density at radius 3 is 1.08 bits per heavy atom. The van der Waals surface area contributed by atoms with E-state index >= 15 is 0 Å². The summed E-state index contributed by atoms with van der Waals surface area (Å²) in [4.78, 5) is 35.5. The molecule has 38 heavy (non-hydrogen) atoms. The van der Waals surface area contributed by atoms with Gasteiger partial charge in [0.15, 0.2) is 0 Å². The molecule has 0 aliphatic rings. The molecule has 0 unspecified atom stereocenters. The van der Waals surface area contributed by atoms with Crippen LogP contribution in [0.2, 0.25) is 0 Å². The maximum atomic E-state index is 12.0. The van der Waals surface area contributed by atoms with Gasteiger partial charge in [-0.05, 0) is 12.8 Å². The molecule has 0 saturated heterocycles. The molecule has 0 aromatic heterocycles. The first-order valence-corrected chi connectivity index (χ1v) is 15.1. The number of carboxylic acids is 1. The van der Waals surface area contributed by atoms with Gasteiger partial charge in [-0.3, -0.25) is 9.59 Å². The molecule has 1 N–H and O–H groups in total. The molecule has 0 aliphatic carbocycles. The Hall–Kier alpha value is 0.00636. The van der Waals surface area contributed by atoms with E-state index in [9.17, 15) is 24.6 Å². The van der Waals surface area contributed by atoms with E-state index in [-0.39, 0.29) is 64.6 Å². The minimum atomic E-state index is -2.62. The third-order valence-corrected chi connectivity index (χ3v) is 6.78. The van der Waals surface area contributed by atoms with Gasteiger partial charge >= 0.3 is 63.3 Å². The first-order chi connectivity index (χ1) is 17.9. The molecule has 0 aromatic rings. The molecule has 0 saturated carbocycles. The summed E-state index contributed by atoms with van der Waals surface area (Å²) in [5.41, 5.74) is -2.62. The number of hydrogen-bond acceptors (Lipinski definition) is 7. The van der Waals surface area contributed by atoms with Gasteiger partial charge in [0.2, 0.25) is 0 Å². The summed E-state index contributed by atoms with van der Waals surface area (Å²) in [6.07, 6.45) is 21.3. The van der Waals surface area contributed by atoms with Crippen LogP contribution in [0.1, 0.15) is 155 Å². The van der Waals surface area contributed by atoms with E-state index < -0.39 is 36.4 Å². The Morgan fingerprint density at radius 2 is 0.816 bits per heavy atom. The zero-order valence-corrected chi connectivity index (χ0v) is 28.0. The van der Waals surface area contributed by atoms with Crippen molar-refractivity contribution in [3.8, 4) is 0 Å². The van der Waals surface area contributed by atoms with E-state index in [1.807, 2.05) is 0 Å². The Labute approximate surface area is 275 Å². The van der Waals surface area contributed by atoms with Crippen molar-refractivity contribution in [1.29, 1.82) is 0 Å². The molecule has 0 radical (unpaired) electrons. The normalized spacial score (nSPS) is 11.1. The minimum Gasteiger partial charge on any atom is -0.547 e. The van der Waals surface area contributed by atoms with Crippen LogP contribution in [0.3, 0.4) is 0 Å². The van der Waals surface area contributed by atoms with E-state index in [4.69, 9.17) is 9.47 Å². The molecule has 0 rings (SSSR count). The molecule has 0 spiro atoms. The maximum absolute atomic E-state index is 12.0. The van der Waals surface area contributed by atoms with Gasteiger partial charge in [-0.15, -0.1) is 0 Å². The predicted molar refractivity (Wildman–Crippen MR) is 145 cm³/mol. The predicted octanol–water partition coefficient (Wildman–Crippen LogP) is 3.18. The Morgan fingerprint density at radius 1 is 0.553 bits per heavy atom. The summed E-state index contributed by atoms with van der Waals surface area (Å²) in [5.74, 6) is -3.59. The molecule has 0 heterocycles. The number of carbonyl (C=O) groups excluding carboxylic acids is 3. The van der Waals surface area contributed by atoms with Crippen LogP contribution in [-0.2, 0) is 23.9 Å². The molecule has 0 atom stereocenters. The number of esters is 2. The standard InChI is InChI=1S/C30H56O7.K/c1-3-5-7-9-11-13-15-17-19-21-23-36-27(31)25-30(35,29(33)34)26-28(32)37-24-22-20-18-16-14-12-10-8-6-4-2;/h35H,3-26H2,1-2H3,(H,33,34);/q;+1/p-1. The number of aliphatic hydroxyl groups is 1. The second kappa shape index (κ2) is 28.5. The Bertz CT molecular complexity index is 543. The van der Waals surface area contributed by atoms with E-state index in [1.54, 1.807) is 0 Å². The average Bonchev–Trinajstić information content (AvgIpc) is 2.85. The van der Waals surface area contributed by atoms with E-state index in [2.05, 4.69) is 13.8 Å². The summed E-state index contributed by atoms with van der Waals surface area (Å²) < 4.78 is 10.1. The van der Waals surface area contributed by atoms with Crippen LogP contribution in [0.5, 0.6) is 0 Å². The molecule has 218 valence electrons. The van der Waals surface area contributed by atoms with Gasteiger partial charge in [0.1, 0.15) is 5.60 Å². The van der Waals surface area contributed by atoms with Crippen LogP contribution >= 0.6 is 0 Å². The van der Waals surface area contributed by atoms with Crippen LogP contribution in [0.25, 0.3) is 0 Å². The van der Waals surface area contributed by atoms with Gasteiger partial charge in [0.25, 0.3) is 0 Å². The fourth-order valence-electron chi connectivity index (χ4n) is 4.34. The number of aliphatic carboxylic acids is 1. The fourth-order valence-corrected chi connectivity index (χ4v) is 4.34. The van der Waals surface area contributed by atoms with Crippen LogP contribution in [0, 0.1) is 0 Å². The number of carboxylic acid groups (broad SMARTS) is 1. The van der Waals surface area contributed by atoms with Crippen LogP contribution in [-0.4, -0.2) is 41.8 Å². The van der Waals surface area contributed by atoms with Crippen molar-refractivity contribution in [3.63, 3.8) is 0 Å². The number of hydrogen-bond donors (Lipinski definition) is 1. The van der Waals surface area contributed by atoms with Crippen molar-refractivity contribution in [2.24, 2.45) is 0 Å². The van der Waals surface area contributed by atoms with Crippen LogP contribution in [0.4, 0.5) is 0 Å². The molecule has 7 nitrogen and oxygen atoms in total. The second-order valence-corrected chi connectivity index (χ2v) is 10.5.